The predicted octanol–water partition coefficient (Wildman–Crippen LogP) is 2.13. The van der Waals surface area contributed by atoms with Gasteiger partial charge in [0.2, 0.25) is 0 Å². The maximum absolute atomic E-state index is 4.19. The van der Waals surface area contributed by atoms with Gasteiger partial charge < -0.3 is 4.57 Å². The van der Waals surface area contributed by atoms with E-state index in [0.29, 0.717) is 0 Å². The minimum atomic E-state index is 0.941. The molecule has 0 fully saturated rings. The van der Waals surface area contributed by atoms with E-state index in [0.717, 1.165) is 17.1 Å². The standard InChI is InChI=1S/C13H12N2/c1-11-14-10-13(15(11)2)9-8-12-6-4-3-5-7-12/h3-7,10H,1-2H3. The lowest BCUT2D eigenvalue weighted by Gasteiger charge is -1.94. The van der Waals surface area contributed by atoms with Gasteiger partial charge >= 0.3 is 0 Å². The van der Waals surface area contributed by atoms with Crippen LogP contribution < -0.4 is 0 Å². The van der Waals surface area contributed by atoms with Crippen LogP contribution in [0, 0.1) is 18.8 Å². The van der Waals surface area contributed by atoms with Crippen molar-refractivity contribution < 1.29 is 0 Å². The first-order valence-corrected chi connectivity index (χ1v) is 4.83. The summed E-state index contributed by atoms with van der Waals surface area (Å²) in [5.74, 6) is 7.18. The fraction of sp³-hybridized carbons (Fsp3) is 0.154. The van der Waals surface area contributed by atoms with Crippen LogP contribution in [-0.4, -0.2) is 9.55 Å². The van der Waals surface area contributed by atoms with Gasteiger partial charge in [-0.25, -0.2) is 4.98 Å². The summed E-state index contributed by atoms with van der Waals surface area (Å²) in [6.07, 6.45) is 1.80. The molecule has 15 heavy (non-hydrogen) atoms. The molecule has 0 spiro atoms. The quantitative estimate of drug-likeness (QED) is 0.590. The van der Waals surface area contributed by atoms with Crippen molar-refractivity contribution in [1.29, 1.82) is 0 Å². The lowest BCUT2D eigenvalue weighted by atomic mass is 10.2. The molecule has 0 bridgehead atoms. The molecule has 1 aromatic carbocycles. The number of hydrogen-bond donors (Lipinski definition) is 0. The summed E-state index contributed by atoms with van der Waals surface area (Å²) in [4.78, 5) is 4.19. The third kappa shape index (κ3) is 2.08. The SMILES string of the molecule is Cc1ncc(C#Cc2ccccc2)n1C. The van der Waals surface area contributed by atoms with Gasteiger partial charge in [0.05, 0.1) is 6.20 Å². The molecule has 74 valence electrons. The van der Waals surface area contributed by atoms with Crippen molar-refractivity contribution in [2.24, 2.45) is 7.05 Å². The summed E-state index contributed by atoms with van der Waals surface area (Å²) in [6, 6.07) is 9.95. The van der Waals surface area contributed by atoms with Crippen molar-refractivity contribution in [1.82, 2.24) is 9.55 Å². The molecule has 0 radical (unpaired) electrons. The highest BCUT2D eigenvalue weighted by Gasteiger charge is 1.97. The van der Waals surface area contributed by atoms with Gasteiger partial charge in [0.1, 0.15) is 11.5 Å². The van der Waals surface area contributed by atoms with Gasteiger partial charge in [-0.1, -0.05) is 24.1 Å². The zero-order valence-corrected chi connectivity index (χ0v) is 8.86. The smallest absolute Gasteiger partial charge is 0.112 e. The Hall–Kier alpha value is -2.01. The van der Waals surface area contributed by atoms with Crippen molar-refractivity contribution in [3.05, 3.63) is 53.6 Å². The molecule has 0 unspecified atom stereocenters. The normalized spacial score (nSPS) is 9.47. The fourth-order valence-electron chi connectivity index (χ4n) is 1.28. The first kappa shape index (κ1) is 9.54. The molecule has 2 rings (SSSR count). The van der Waals surface area contributed by atoms with E-state index in [-0.39, 0.29) is 0 Å². The molecular formula is C13H12N2. The Kier molecular flexibility index (Phi) is 2.55. The van der Waals surface area contributed by atoms with E-state index in [1.54, 1.807) is 6.20 Å². The lowest BCUT2D eigenvalue weighted by molar-refractivity contribution is 0.847. The summed E-state index contributed by atoms with van der Waals surface area (Å²) in [6.45, 7) is 1.97. The molecular weight excluding hydrogens is 184 g/mol. The zero-order chi connectivity index (χ0) is 10.7. The molecule has 0 aliphatic carbocycles. The molecule has 0 saturated carbocycles. The van der Waals surface area contributed by atoms with Crippen LogP contribution in [0.1, 0.15) is 17.1 Å². The average molecular weight is 196 g/mol. The second kappa shape index (κ2) is 4.02. The van der Waals surface area contributed by atoms with E-state index < -0.39 is 0 Å². The van der Waals surface area contributed by atoms with Crippen LogP contribution in [0.3, 0.4) is 0 Å². The van der Waals surface area contributed by atoms with Gasteiger partial charge in [-0.3, -0.25) is 0 Å². The highest BCUT2D eigenvalue weighted by Crippen LogP contribution is 2.00. The van der Waals surface area contributed by atoms with Gasteiger partial charge in [0.25, 0.3) is 0 Å². The lowest BCUT2D eigenvalue weighted by Crippen LogP contribution is -1.93. The summed E-state index contributed by atoms with van der Waals surface area (Å²) in [5, 5.41) is 0. The molecule has 0 atom stereocenters. The van der Waals surface area contributed by atoms with Crippen molar-refractivity contribution in [2.75, 3.05) is 0 Å². The van der Waals surface area contributed by atoms with Gasteiger partial charge in [-0.15, -0.1) is 0 Å². The third-order valence-corrected chi connectivity index (χ3v) is 2.33. The number of rotatable bonds is 0. The Morgan fingerprint density at radius 3 is 2.47 bits per heavy atom. The summed E-state index contributed by atoms with van der Waals surface area (Å²) in [5.41, 5.74) is 1.97. The summed E-state index contributed by atoms with van der Waals surface area (Å²) >= 11 is 0. The molecule has 1 heterocycles. The topological polar surface area (TPSA) is 17.8 Å². The molecule has 0 N–H and O–H groups in total. The third-order valence-electron chi connectivity index (χ3n) is 2.33. The van der Waals surface area contributed by atoms with E-state index in [1.807, 2.05) is 48.9 Å². The molecule has 1 aromatic heterocycles. The fourth-order valence-corrected chi connectivity index (χ4v) is 1.28. The molecule has 0 amide bonds. The van der Waals surface area contributed by atoms with Crippen LogP contribution in [-0.2, 0) is 7.05 Å². The number of benzene rings is 1. The maximum Gasteiger partial charge on any atom is 0.112 e. The van der Waals surface area contributed by atoms with Gasteiger partial charge in [0.15, 0.2) is 0 Å². The van der Waals surface area contributed by atoms with E-state index >= 15 is 0 Å². The van der Waals surface area contributed by atoms with Crippen LogP contribution in [0.25, 0.3) is 0 Å². The molecule has 0 aliphatic rings. The molecule has 2 aromatic rings. The Morgan fingerprint density at radius 1 is 1.13 bits per heavy atom. The van der Waals surface area contributed by atoms with Crippen molar-refractivity contribution in [2.45, 2.75) is 6.92 Å². The minimum Gasteiger partial charge on any atom is -0.325 e. The van der Waals surface area contributed by atoms with Gasteiger partial charge in [-0.05, 0) is 25.0 Å². The zero-order valence-electron chi connectivity index (χ0n) is 8.86. The summed E-state index contributed by atoms with van der Waals surface area (Å²) in [7, 11) is 1.97. The number of aromatic nitrogens is 2. The number of hydrogen-bond acceptors (Lipinski definition) is 1. The van der Waals surface area contributed by atoms with Crippen molar-refractivity contribution in [3.63, 3.8) is 0 Å². The Labute approximate surface area is 89.6 Å². The van der Waals surface area contributed by atoms with Crippen molar-refractivity contribution >= 4 is 0 Å². The molecule has 0 aliphatic heterocycles. The Balaban J connectivity index is 2.30. The van der Waals surface area contributed by atoms with E-state index in [9.17, 15) is 0 Å². The minimum absolute atomic E-state index is 0.941. The average Bonchev–Trinajstić information content (AvgIpc) is 2.59. The highest BCUT2D eigenvalue weighted by atomic mass is 15.0. The van der Waals surface area contributed by atoms with Crippen LogP contribution in [0.4, 0.5) is 0 Å². The van der Waals surface area contributed by atoms with Crippen molar-refractivity contribution in [3.8, 4) is 11.8 Å². The number of imidazole rings is 1. The monoisotopic (exact) mass is 196 g/mol. The Morgan fingerprint density at radius 2 is 1.87 bits per heavy atom. The second-order valence-electron chi connectivity index (χ2n) is 3.37. The van der Waals surface area contributed by atoms with Crippen LogP contribution in [0.5, 0.6) is 0 Å². The maximum atomic E-state index is 4.19. The second-order valence-corrected chi connectivity index (χ2v) is 3.37. The van der Waals surface area contributed by atoms with E-state index in [4.69, 9.17) is 0 Å². The molecule has 2 heteroatoms. The van der Waals surface area contributed by atoms with Gasteiger partial charge in [0, 0.05) is 12.6 Å². The van der Waals surface area contributed by atoms with E-state index in [2.05, 4.69) is 16.8 Å². The summed E-state index contributed by atoms with van der Waals surface area (Å²) < 4.78 is 1.98. The van der Waals surface area contributed by atoms with Crippen LogP contribution >= 0.6 is 0 Å². The van der Waals surface area contributed by atoms with Gasteiger partial charge in [-0.2, -0.15) is 0 Å². The van der Waals surface area contributed by atoms with Crippen LogP contribution in [0.15, 0.2) is 36.5 Å². The predicted molar refractivity (Wildman–Crippen MR) is 60.4 cm³/mol. The van der Waals surface area contributed by atoms with E-state index in [1.165, 1.54) is 0 Å². The largest absolute Gasteiger partial charge is 0.325 e. The number of nitrogens with zero attached hydrogens (tertiary/aromatic N) is 2. The molecule has 2 nitrogen and oxygen atoms in total. The van der Waals surface area contributed by atoms with Crippen LogP contribution in [0.2, 0.25) is 0 Å². The number of aryl methyl sites for hydroxylation is 1. The first-order chi connectivity index (χ1) is 7.27. The molecule has 0 saturated heterocycles. The Bertz CT molecular complexity index is 512. The first-order valence-electron chi connectivity index (χ1n) is 4.83. The highest BCUT2D eigenvalue weighted by molar-refractivity contribution is 5.39.